The Hall–Kier alpha value is -4.70. The van der Waals surface area contributed by atoms with Gasteiger partial charge in [0.2, 0.25) is 17.7 Å². The van der Waals surface area contributed by atoms with Crippen LogP contribution in [0.5, 0.6) is 5.75 Å². The quantitative estimate of drug-likeness (QED) is 0.409. The number of hydrogen-bond donors (Lipinski definition) is 2. The molecule has 0 aliphatic carbocycles. The summed E-state index contributed by atoms with van der Waals surface area (Å²) in [6, 6.07) is 23.9. The number of methoxy groups -OCH3 is 1. The van der Waals surface area contributed by atoms with E-state index in [4.69, 9.17) is 9.47 Å². The maximum atomic E-state index is 14.2. The van der Waals surface area contributed by atoms with Gasteiger partial charge in [0.25, 0.3) is 5.91 Å². The molecule has 3 aromatic rings. The first-order valence-electron chi connectivity index (χ1n) is 16.3. The Morgan fingerprint density at radius 2 is 1.51 bits per heavy atom. The molecule has 0 spiro atoms. The number of rotatable bonds is 7. The van der Waals surface area contributed by atoms with E-state index in [9.17, 15) is 19.2 Å². The highest BCUT2D eigenvalue weighted by Crippen LogP contribution is 2.23. The lowest BCUT2D eigenvalue weighted by atomic mass is 10.0. The summed E-state index contributed by atoms with van der Waals surface area (Å²) in [6.45, 7) is 1.04. The van der Waals surface area contributed by atoms with Crippen molar-refractivity contribution in [2.45, 2.75) is 62.7 Å². The second kappa shape index (κ2) is 16.2. The van der Waals surface area contributed by atoms with E-state index in [2.05, 4.69) is 10.6 Å². The van der Waals surface area contributed by atoms with Crippen LogP contribution in [0, 0.1) is 0 Å². The van der Waals surface area contributed by atoms with Gasteiger partial charge in [0.05, 0.1) is 24.3 Å². The first kappa shape index (κ1) is 33.7. The normalized spacial score (nSPS) is 22.7. The lowest BCUT2D eigenvalue weighted by molar-refractivity contribution is -0.138. The summed E-state index contributed by atoms with van der Waals surface area (Å²) in [5, 5.41) is 5.87. The van der Waals surface area contributed by atoms with Gasteiger partial charge >= 0.3 is 0 Å². The molecule has 3 aromatic carbocycles. The van der Waals surface area contributed by atoms with Crippen LogP contribution in [-0.4, -0.2) is 91.5 Å². The Morgan fingerprint density at radius 3 is 2.21 bits per heavy atom. The maximum absolute atomic E-state index is 14.2. The van der Waals surface area contributed by atoms with Crippen molar-refractivity contribution in [3.8, 4) is 5.75 Å². The van der Waals surface area contributed by atoms with Crippen LogP contribution in [-0.2, 0) is 32.0 Å². The molecular formula is C37H44N4O6. The van der Waals surface area contributed by atoms with Crippen molar-refractivity contribution >= 4 is 23.6 Å². The number of ether oxygens (including phenoxy) is 2. The summed E-state index contributed by atoms with van der Waals surface area (Å²) in [6.07, 6.45) is 2.43. The molecule has 10 nitrogen and oxygen atoms in total. The van der Waals surface area contributed by atoms with Gasteiger partial charge in [0.1, 0.15) is 24.4 Å². The highest BCUT2D eigenvalue weighted by molar-refractivity contribution is 6.00. The molecule has 4 amide bonds. The molecule has 47 heavy (non-hydrogen) atoms. The predicted octanol–water partition coefficient (Wildman–Crippen LogP) is 3.39. The van der Waals surface area contributed by atoms with Crippen molar-refractivity contribution in [1.29, 1.82) is 0 Å². The van der Waals surface area contributed by atoms with E-state index in [-0.39, 0.29) is 48.8 Å². The van der Waals surface area contributed by atoms with Gasteiger partial charge in [0.15, 0.2) is 0 Å². The smallest absolute Gasteiger partial charge is 0.255 e. The Labute approximate surface area is 276 Å². The monoisotopic (exact) mass is 640 g/mol. The zero-order valence-electron chi connectivity index (χ0n) is 27.1. The van der Waals surface area contributed by atoms with E-state index < -0.39 is 24.0 Å². The molecule has 2 heterocycles. The zero-order chi connectivity index (χ0) is 33.2. The number of likely N-dealkylation sites (tertiary alicyclic amines) is 1. The molecule has 4 atom stereocenters. The topological polar surface area (TPSA) is 117 Å². The van der Waals surface area contributed by atoms with Crippen LogP contribution in [0.3, 0.4) is 0 Å². The van der Waals surface area contributed by atoms with E-state index in [0.29, 0.717) is 31.7 Å². The molecule has 5 rings (SSSR count). The van der Waals surface area contributed by atoms with E-state index >= 15 is 0 Å². The van der Waals surface area contributed by atoms with Crippen molar-refractivity contribution in [3.63, 3.8) is 0 Å². The van der Waals surface area contributed by atoms with Crippen molar-refractivity contribution in [1.82, 2.24) is 20.4 Å². The molecule has 0 saturated carbocycles. The SMILES string of the molecule is COC[C@@H]1CCCN1C(=O)[C@@H]1CCC(=O)N[C@@H](Cc2ccccc2)C(=O)N(C)[C@H](Cc2ccccc2)COc2ccccc2C(=O)N1. The Balaban J connectivity index is 1.48. The van der Waals surface area contributed by atoms with Gasteiger partial charge in [-0.15, -0.1) is 0 Å². The maximum Gasteiger partial charge on any atom is 0.255 e. The molecule has 248 valence electrons. The highest BCUT2D eigenvalue weighted by Gasteiger charge is 2.36. The summed E-state index contributed by atoms with van der Waals surface area (Å²) >= 11 is 0. The third kappa shape index (κ3) is 8.77. The number of carbonyl (C=O) groups is 4. The Bertz CT molecular complexity index is 1520. The first-order chi connectivity index (χ1) is 22.8. The van der Waals surface area contributed by atoms with Crippen molar-refractivity contribution < 1.29 is 28.7 Å². The second-order valence-electron chi connectivity index (χ2n) is 12.3. The summed E-state index contributed by atoms with van der Waals surface area (Å²) in [5.74, 6) is -1.01. The van der Waals surface area contributed by atoms with Gasteiger partial charge in [0, 0.05) is 33.5 Å². The fraction of sp³-hybridized carbons (Fsp3) is 0.405. The third-order valence-electron chi connectivity index (χ3n) is 8.97. The van der Waals surface area contributed by atoms with Gasteiger partial charge < -0.3 is 29.9 Å². The number of hydrogen-bond acceptors (Lipinski definition) is 6. The number of para-hydroxylation sites is 1. The van der Waals surface area contributed by atoms with Crippen molar-refractivity contribution in [2.75, 3.05) is 33.9 Å². The number of nitrogens with zero attached hydrogens (tertiary/aromatic N) is 2. The number of likely N-dealkylation sites (N-methyl/N-ethyl adjacent to an activating group) is 1. The van der Waals surface area contributed by atoms with E-state index in [0.717, 1.165) is 24.0 Å². The number of amides is 4. The third-order valence-corrected chi connectivity index (χ3v) is 8.97. The van der Waals surface area contributed by atoms with Crippen LogP contribution >= 0.6 is 0 Å². The lowest BCUT2D eigenvalue weighted by Gasteiger charge is -2.32. The molecular weight excluding hydrogens is 596 g/mol. The summed E-state index contributed by atoms with van der Waals surface area (Å²) in [5.41, 5.74) is 2.19. The molecule has 2 N–H and O–H groups in total. The molecule has 0 unspecified atom stereocenters. The molecule has 0 bridgehead atoms. The van der Waals surface area contributed by atoms with Crippen molar-refractivity contribution in [3.05, 3.63) is 102 Å². The van der Waals surface area contributed by atoms with Gasteiger partial charge in [-0.3, -0.25) is 19.2 Å². The van der Waals surface area contributed by atoms with E-state index in [1.165, 1.54) is 0 Å². The molecule has 1 saturated heterocycles. The standard InChI is InChI=1S/C37H44N4O6/c1-40-29(22-26-12-5-3-6-13-26)25-47-33-18-10-9-17-30(33)35(43)39-31(37(45)41-21-11-16-28(41)24-46-2)19-20-34(42)38-32(36(40)44)23-27-14-7-4-8-15-27/h3-10,12-15,17-18,28-29,31-32H,11,16,19-25H2,1-2H3,(H,38,42)(H,39,43)/t28-,29+,31-,32-/m0/s1. The minimum absolute atomic E-state index is 0.0622. The predicted molar refractivity (Wildman–Crippen MR) is 178 cm³/mol. The summed E-state index contributed by atoms with van der Waals surface area (Å²) < 4.78 is 11.7. The molecule has 2 aliphatic rings. The van der Waals surface area contributed by atoms with Crippen LogP contribution in [0.15, 0.2) is 84.9 Å². The van der Waals surface area contributed by atoms with Gasteiger partial charge in [-0.2, -0.15) is 0 Å². The Kier molecular flexibility index (Phi) is 11.6. The molecule has 2 aliphatic heterocycles. The largest absolute Gasteiger partial charge is 0.491 e. The van der Waals surface area contributed by atoms with Gasteiger partial charge in [-0.05, 0) is 48.9 Å². The zero-order valence-corrected chi connectivity index (χ0v) is 27.1. The molecule has 0 aromatic heterocycles. The molecule has 10 heteroatoms. The Morgan fingerprint density at radius 1 is 0.851 bits per heavy atom. The van der Waals surface area contributed by atoms with Crippen LogP contribution < -0.4 is 15.4 Å². The average molecular weight is 641 g/mol. The van der Waals surface area contributed by atoms with Crippen LogP contribution in [0.25, 0.3) is 0 Å². The second-order valence-corrected chi connectivity index (χ2v) is 12.3. The summed E-state index contributed by atoms with van der Waals surface area (Å²) in [4.78, 5) is 58.7. The number of carbonyl (C=O) groups excluding carboxylic acids is 4. The van der Waals surface area contributed by atoms with Gasteiger partial charge in [-0.25, -0.2) is 0 Å². The van der Waals surface area contributed by atoms with E-state index in [1.54, 1.807) is 48.2 Å². The number of benzene rings is 3. The molecule has 0 radical (unpaired) electrons. The minimum atomic E-state index is -0.958. The van der Waals surface area contributed by atoms with Crippen molar-refractivity contribution in [2.24, 2.45) is 0 Å². The van der Waals surface area contributed by atoms with Crippen LogP contribution in [0.2, 0.25) is 0 Å². The van der Waals surface area contributed by atoms with Crippen LogP contribution in [0.1, 0.15) is 47.2 Å². The van der Waals surface area contributed by atoms with Gasteiger partial charge in [-0.1, -0.05) is 72.8 Å². The van der Waals surface area contributed by atoms with Crippen LogP contribution in [0.4, 0.5) is 0 Å². The minimum Gasteiger partial charge on any atom is -0.491 e. The van der Waals surface area contributed by atoms with E-state index in [1.807, 2.05) is 60.7 Å². The fourth-order valence-corrected chi connectivity index (χ4v) is 6.36. The number of fused-ring (bicyclic) bond motifs is 1. The lowest BCUT2D eigenvalue weighted by Crippen LogP contribution is -2.53. The number of nitrogens with one attached hydrogen (secondary N) is 2. The molecule has 1 fully saturated rings. The first-order valence-corrected chi connectivity index (χ1v) is 16.3. The summed E-state index contributed by atoms with van der Waals surface area (Å²) in [7, 11) is 3.32. The fourth-order valence-electron chi connectivity index (χ4n) is 6.36. The average Bonchev–Trinajstić information content (AvgIpc) is 3.56. The highest BCUT2D eigenvalue weighted by atomic mass is 16.5.